The average molecular weight is 286 g/mol. The lowest BCUT2D eigenvalue weighted by Gasteiger charge is -2.11. The molecule has 0 aliphatic carbocycles. The number of rotatable bonds is 4. The zero-order valence-corrected chi connectivity index (χ0v) is 11.1. The Labute approximate surface area is 110 Å². The van der Waals surface area contributed by atoms with Crippen LogP contribution in [-0.4, -0.2) is 33.8 Å². The van der Waals surface area contributed by atoms with Crippen LogP contribution in [0.25, 0.3) is 0 Å². The molecule has 1 aliphatic heterocycles. The Bertz CT molecular complexity index is 599. The van der Waals surface area contributed by atoms with E-state index in [-0.39, 0.29) is 17.6 Å². The SMILES string of the molecule is Cc1cc(OCC2CNC(=O)O2)ccc1S(N)(=O)=O. The van der Waals surface area contributed by atoms with E-state index in [4.69, 9.17) is 14.6 Å². The summed E-state index contributed by atoms with van der Waals surface area (Å²) >= 11 is 0. The van der Waals surface area contributed by atoms with Crippen molar-refractivity contribution in [1.29, 1.82) is 0 Å². The van der Waals surface area contributed by atoms with Gasteiger partial charge >= 0.3 is 6.09 Å². The third kappa shape index (κ3) is 3.36. The summed E-state index contributed by atoms with van der Waals surface area (Å²) in [6, 6.07) is 4.47. The van der Waals surface area contributed by atoms with Gasteiger partial charge in [0.1, 0.15) is 12.4 Å². The second kappa shape index (κ2) is 5.06. The Morgan fingerprint density at radius 1 is 1.53 bits per heavy atom. The van der Waals surface area contributed by atoms with Gasteiger partial charge in [-0.3, -0.25) is 0 Å². The van der Waals surface area contributed by atoms with Gasteiger partial charge in [-0.2, -0.15) is 0 Å². The van der Waals surface area contributed by atoms with E-state index in [1.807, 2.05) is 0 Å². The van der Waals surface area contributed by atoms with Crippen LogP contribution in [0.4, 0.5) is 4.79 Å². The molecule has 104 valence electrons. The molecule has 1 heterocycles. The Hall–Kier alpha value is -1.80. The monoisotopic (exact) mass is 286 g/mol. The third-order valence-electron chi connectivity index (χ3n) is 2.64. The number of aryl methyl sites for hydroxylation is 1. The number of benzene rings is 1. The highest BCUT2D eigenvalue weighted by Crippen LogP contribution is 2.20. The fraction of sp³-hybridized carbons (Fsp3) is 0.364. The van der Waals surface area contributed by atoms with Crippen LogP contribution in [0.3, 0.4) is 0 Å². The van der Waals surface area contributed by atoms with Crippen molar-refractivity contribution in [3.8, 4) is 5.75 Å². The number of cyclic esters (lactones) is 1. The predicted molar refractivity (Wildman–Crippen MR) is 66.3 cm³/mol. The molecule has 19 heavy (non-hydrogen) atoms. The third-order valence-corrected chi connectivity index (χ3v) is 3.71. The lowest BCUT2D eigenvalue weighted by atomic mass is 10.2. The van der Waals surface area contributed by atoms with Crippen LogP contribution in [0.2, 0.25) is 0 Å². The van der Waals surface area contributed by atoms with E-state index in [1.54, 1.807) is 13.0 Å². The summed E-state index contributed by atoms with van der Waals surface area (Å²) in [4.78, 5) is 10.9. The fourth-order valence-electron chi connectivity index (χ4n) is 1.74. The number of nitrogens with two attached hydrogens (primary N) is 1. The molecule has 3 N–H and O–H groups in total. The highest BCUT2D eigenvalue weighted by atomic mass is 32.2. The zero-order chi connectivity index (χ0) is 14.0. The van der Waals surface area contributed by atoms with Gasteiger partial charge in [-0.1, -0.05) is 0 Å². The molecule has 0 radical (unpaired) electrons. The largest absolute Gasteiger partial charge is 0.490 e. The van der Waals surface area contributed by atoms with E-state index in [0.717, 1.165) is 0 Å². The minimum Gasteiger partial charge on any atom is -0.490 e. The van der Waals surface area contributed by atoms with E-state index in [1.165, 1.54) is 12.1 Å². The van der Waals surface area contributed by atoms with Gasteiger partial charge in [0.25, 0.3) is 0 Å². The lowest BCUT2D eigenvalue weighted by molar-refractivity contribution is 0.105. The maximum absolute atomic E-state index is 11.2. The van der Waals surface area contributed by atoms with Crippen molar-refractivity contribution in [3.05, 3.63) is 23.8 Å². The quantitative estimate of drug-likeness (QED) is 0.818. The Balaban J connectivity index is 2.02. The second-order valence-electron chi connectivity index (χ2n) is 4.19. The summed E-state index contributed by atoms with van der Waals surface area (Å²) in [5.74, 6) is 0.493. The Morgan fingerprint density at radius 3 is 2.79 bits per heavy atom. The molecule has 2 rings (SSSR count). The molecule has 8 heteroatoms. The molecule has 0 saturated carbocycles. The van der Waals surface area contributed by atoms with Gasteiger partial charge in [0.05, 0.1) is 11.4 Å². The smallest absolute Gasteiger partial charge is 0.407 e. The van der Waals surface area contributed by atoms with Gasteiger partial charge in [-0.25, -0.2) is 18.4 Å². The topological polar surface area (TPSA) is 108 Å². The van der Waals surface area contributed by atoms with Crippen molar-refractivity contribution in [3.63, 3.8) is 0 Å². The molecule has 1 fully saturated rings. The fourth-order valence-corrected chi connectivity index (χ4v) is 2.51. The summed E-state index contributed by atoms with van der Waals surface area (Å²) in [5.41, 5.74) is 0.501. The van der Waals surface area contributed by atoms with E-state index in [0.29, 0.717) is 17.9 Å². The van der Waals surface area contributed by atoms with Crippen molar-refractivity contribution in [1.82, 2.24) is 5.32 Å². The molecular formula is C11H14N2O5S. The number of sulfonamides is 1. The van der Waals surface area contributed by atoms with Gasteiger partial charge in [0.2, 0.25) is 10.0 Å². The minimum atomic E-state index is -3.72. The number of primary sulfonamides is 1. The maximum Gasteiger partial charge on any atom is 0.407 e. The van der Waals surface area contributed by atoms with Gasteiger partial charge in [-0.05, 0) is 30.7 Å². The first-order valence-corrected chi connectivity index (χ1v) is 7.11. The second-order valence-corrected chi connectivity index (χ2v) is 5.72. The number of hydrogen-bond donors (Lipinski definition) is 2. The van der Waals surface area contributed by atoms with Crippen LogP contribution in [0.5, 0.6) is 5.75 Å². The number of nitrogens with one attached hydrogen (secondary N) is 1. The van der Waals surface area contributed by atoms with Gasteiger partial charge in [-0.15, -0.1) is 0 Å². The first-order chi connectivity index (χ1) is 8.86. The van der Waals surface area contributed by atoms with Crippen molar-refractivity contribution in [2.75, 3.05) is 13.2 Å². The summed E-state index contributed by atoms with van der Waals surface area (Å²) in [7, 11) is -3.72. The molecule has 1 amide bonds. The highest BCUT2D eigenvalue weighted by Gasteiger charge is 2.23. The predicted octanol–water partition coefficient (Wildman–Crippen LogP) is 0.130. The number of hydrogen-bond acceptors (Lipinski definition) is 5. The van der Waals surface area contributed by atoms with Gasteiger partial charge < -0.3 is 14.8 Å². The van der Waals surface area contributed by atoms with Crippen LogP contribution in [0, 0.1) is 6.92 Å². The van der Waals surface area contributed by atoms with E-state index < -0.39 is 16.1 Å². The molecule has 0 spiro atoms. The van der Waals surface area contributed by atoms with E-state index >= 15 is 0 Å². The van der Waals surface area contributed by atoms with Crippen molar-refractivity contribution >= 4 is 16.1 Å². The van der Waals surface area contributed by atoms with Crippen molar-refractivity contribution in [2.45, 2.75) is 17.9 Å². The molecule has 1 aromatic rings. The van der Waals surface area contributed by atoms with E-state index in [9.17, 15) is 13.2 Å². The summed E-state index contributed by atoms with van der Waals surface area (Å²) in [5, 5.41) is 7.57. The summed E-state index contributed by atoms with van der Waals surface area (Å²) < 4.78 is 32.8. The molecule has 1 unspecified atom stereocenters. The van der Waals surface area contributed by atoms with Crippen LogP contribution in [0.1, 0.15) is 5.56 Å². The van der Waals surface area contributed by atoms with Crippen LogP contribution in [0.15, 0.2) is 23.1 Å². The summed E-state index contributed by atoms with van der Waals surface area (Å²) in [6.07, 6.45) is -0.805. The minimum absolute atomic E-state index is 0.0637. The van der Waals surface area contributed by atoms with Gasteiger partial charge in [0.15, 0.2) is 6.10 Å². The molecule has 0 bridgehead atoms. The van der Waals surface area contributed by atoms with Crippen LogP contribution in [-0.2, 0) is 14.8 Å². The number of carbonyl (C=O) groups is 1. The number of carbonyl (C=O) groups excluding carboxylic acids is 1. The Morgan fingerprint density at radius 2 is 2.26 bits per heavy atom. The number of amides is 1. The molecule has 1 aliphatic rings. The Kier molecular flexibility index (Phi) is 3.63. The van der Waals surface area contributed by atoms with Gasteiger partial charge in [0, 0.05) is 0 Å². The molecule has 7 nitrogen and oxygen atoms in total. The average Bonchev–Trinajstić information content (AvgIpc) is 2.71. The van der Waals surface area contributed by atoms with Crippen LogP contribution >= 0.6 is 0 Å². The highest BCUT2D eigenvalue weighted by molar-refractivity contribution is 7.89. The standard InChI is InChI=1S/C11H14N2O5S/c1-7-4-8(2-3-10(7)19(12,15)16)17-6-9-5-13-11(14)18-9/h2-4,9H,5-6H2,1H3,(H,13,14)(H2,12,15,16). The first-order valence-electron chi connectivity index (χ1n) is 5.57. The van der Waals surface area contributed by atoms with E-state index in [2.05, 4.69) is 5.32 Å². The van der Waals surface area contributed by atoms with Crippen LogP contribution < -0.4 is 15.2 Å². The number of ether oxygens (including phenoxy) is 2. The first kappa shape index (κ1) is 13.6. The molecule has 0 aromatic heterocycles. The molecule has 1 aromatic carbocycles. The number of alkyl carbamates (subject to hydrolysis) is 1. The maximum atomic E-state index is 11.2. The summed E-state index contributed by atoms with van der Waals surface area (Å²) in [6.45, 7) is 2.23. The lowest BCUT2D eigenvalue weighted by Crippen LogP contribution is -2.22. The molecule has 1 atom stereocenters. The normalized spacial score (nSPS) is 18.8. The zero-order valence-electron chi connectivity index (χ0n) is 10.3. The molecular weight excluding hydrogens is 272 g/mol. The van der Waals surface area contributed by atoms with Crippen molar-refractivity contribution in [2.24, 2.45) is 5.14 Å². The van der Waals surface area contributed by atoms with Crippen molar-refractivity contribution < 1.29 is 22.7 Å². The molecule has 1 saturated heterocycles.